The van der Waals surface area contributed by atoms with Crippen molar-refractivity contribution in [2.45, 2.75) is 19.8 Å². The molecule has 0 saturated heterocycles. The lowest BCUT2D eigenvalue weighted by atomic mass is 10.1. The van der Waals surface area contributed by atoms with Gasteiger partial charge in [-0.25, -0.2) is 9.18 Å². The number of anilines is 2. The standard InChI is InChI=1S/C25H23FN2O5/c1-2-32-25(31)33-22-13-7-18(8-14-22)24(30)28-21-11-9-20(10-12-21)27-23(29)15-6-17-4-3-5-19(26)16-17/h3-5,7-14,16H,2,6,15H2,1H3,(H,27,29)(H,28,30). The van der Waals surface area contributed by atoms with E-state index in [2.05, 4.69) is 10.6 Å². The van der Waals surface area contributed by atoms with Gasteiger partial charge in [0.1, 0.15) is 11.6 Å². The highest BCUT2D eigenvalue weighted by molar-refractivity contribution is 6.04. The van der Waals surface area contributed by atoms with Crippen LogP contribution in [-0.4, -0.2) is 24.6 Å². The van der Waals surface area contributed by atoms with E-state index in [9.17, 15) is 18.8 Å². The average molecular weight is 450 g/mol. The Morgan fingerprint density at radius 2 is 1.55 bits per heavy atom. The predicted molar refractivity (Wildman–Crippen MR) is 122 cm³/mol. The second-order valence-electron chi connectivity index (χ2n) is 7.02. The molecule has 170 valence electrons. The van der Waals surface area contributed by atoms with E-state index in [-0.39, 0.29) is 36.4 Å². The minimum absolute atomic E-state index is 0.193. The van der Waals surface area contributed by atoms with Crippen molar-refractivity contribution in [2.24, 2.45) is 0 Å². The molecule has 0 saturated carbocycles. The van der Waals surface area contributed by atoms with Gasteiger partial charge in [0.15, 0.2) is 0 Å². The fourth-order valence-electron chi connectivity index (χ4n) is 2.93. The van der Waals surface area contributed by atoms with E-state index in [1.54, 1.807) is 43.3 Å². The molecule has 0 aliphatic rings. The first-order chi connectivity index (χ1) is 15.9. The van der Waals surface area contributed by atoms with Crippen LogP contribution in [0.5, 0.6) is 5.75 Å². The summed E-state index contributed by atoms with van der Waals surface area (Å²) in [6.45, 7) is 1.88. The van der Waals surface area contributed by atoms with Gasteiger partial charge in [0.2, 0.25) is 5.91 Å². The predicted octanol–water partition coefficient (Wildman–Crippen LogP) is 5.18. The van der Waals surface area contributed by atoms with E-state index < -0.39 is 6.16 Å². The Labute approximate surface area is 190 Å². The highest BCUT2D eigenvalue weighted by Crippen LogP contribution is 2.17. The van der Waals surface area contributed by atoms with Crippen molar-refractivity contribution in [1.82, 2.24) is 0 Å². The molecular formula is C25H23FN2O5. The third-order valence-electron chi connectivity index (χ3n) is 4.54. The highest BCUT2D eigenvalue weighted by atomic mass is 19.1. The highest BCUT2D eigenvalue weighted by Gasteiger charge is 2.09. The lowest BCUT2D eigenvalue weighted by Crippen LogP contribution is -2.14. The number of carbonyl (C=O) groups excluding carboxylic acids is 3. The van der Waals surface area contributed by atoms with Gasteiger partial charge in [0, 0.05) is 23.4 Å². The molecule has 2 amide bonds. The van der Waals surface area contributed by atoms with E-state index in [0.717, 1.165) is 5.56 Å². The number of hydrogen-bond acceptors (Lipinski definition) is 5. The Kier molecular flexibility index (Phi) is 8.13. The quantitative estimate of drug-likeness (QED) is 0.364. The minimum atomic E-state index is -0.809. The summed E-state index contributed by atoms with van der Waals surface area (Å²) in [5, 5.41) is 5.52. The number of carbonyl (C=O) groups is 3. The van der Waals surface area contributed by atoms with Crippen LogP contribution in [-0.2, 0) is 16.0 Å². The van der Waals surface area contributed by atoms with Gasteiger partial charge in [-0.05, 0) is 79.6 Å². The number of benzene rings is 3. The molecule has 0 radical (unpaired) electrons. The molecule has 0 heterocycles. The topological polar surface area (TPSA) is 93.7 Å². The van der Waals surface area contributed by atoms with Gasteiger partial charge in [0.05, 0.1) is 6.61 Å². The van der Waals surface area contributed by atoms with Crippen LogP contribution in [0, 0.1) is 5.82 Å². The van der Waals surface area contributed by atoms with E-state index in [1.165, 1.54) is 36.4 Å². The van der Waals surface area contributed by atoms with Gasteiger partial charge in [-0.3, -0.25) is 9.59 Å². The Balaban J connectivity index is 1.48. The van der Waals surface area contributed by atoms with Crippen LogP contribution in [0.15, 0.2) is 72.8 Å². The van der Waals surface area contributed by atoms with Gasteiger partial charge in [-0.1, -0.05) is 12.1 Å². The van der Waals surface area contributed by atoms with Crippen molar-refractivity contribution in [3.63, 3.8) is 0 Å². The van der Waals surface area contributed by atoms with E-state index in [4.69, 9.17) is 9.47 Å². The zero-order valence-electron chi connectivity index (χ0n) is 18.0. The molecule has 0 bridgehead atoms. The first kappa shape index (κ1) is 23.5. The van der Waals surface area contributed by atoms with Crippen LogP contribution in [0.25, 0.3) is 0 Å². The van der Waals surface area contributed by atoms with E-state index in [1.807, 2.05) is 0 Å². The van der Waals surface area contributed by atoms with Crippen molar-refractivity contribution in [1.29, 1.82) is 0 Å². The van der Waals surface area contributed by atoms with Crippen molar-refractivity contribution >= 4 is 29.3 Å². The summed E-state index contributed by atoms with van der Waals surface area (Å²) >= 11 is 0. The maximum Gasteiger partial charge on any atom is 0.513 e. The second-order valence-corrected chi connectivity index (χ2v) is 7.02. The van der Waals surface area contributed by atoms with Gasteiger partial charge in [0.25, 0.3) is 5.91 Å². The lowest BCUT2D eigenvalue weighted by Gasteiger charge is -2.09. The Morgan fingerprint density at radius 1 is 0.879 bits per heavy atom. The molecule has 33 heavy (non-hydrogen) atoms. The van der Waals surface area contributed by atoms with Gasteiger partial charge in [-0.15, -0.1) is 0 Å². The van der Waals surface area contributed by atoms with Crippen LogP contribution in [0.3, 0.4) is 0 Å². The molecule has 2 N–H and O–H groups in total. The number of nitrogens with one attached hydrogen (secondary N) is 2. The molecule has 8 heteroatoms. The molecule has 0 atom stereocenters. The molecule has 3 aromatic rings. The summed E-state index contributed by atoms with van der Waals surface area (Å²) in [5.74, 6) is -0.597. The maximum atomic E-state index is 13.2. The average Bonchev–Trinajstić information content (AvgIpc) is 2.80. The summed E-state index contributed by atoms with van der Waals surface area (Å²) in [6.07, 6.45) is -0.157. The summed E-state index contributed by atoms with van der Waals surface area (Å²) in [7, 11) is 0. The normalized spacial score (nSPS) is 10.2. The largest absolute Gasteiger partial charge is 0.513 e. The molecule has 0 unspecified atom stereocenters. The Bertz CT molecular complexity index is 1110. The molecular weight excluding hydrogens is 427 g/mol. The number of hydrogen-bond donors (Lipinski definition) is 2. The zero-order chi connectivity index (χ0) is 23.6. The molecule has 0 fully saturated rings. The van der Waals surface area contributed by atoms with Crippen LogP contribution >= 0.6 is 0 Å². The van der Waals surface area contributed by atoms with Crippen molar-refractivity contribution in [3.05, 3.63) is 89.7 Å². The zero-order valence-corrected chi connectivity index (χ0v) is 18.0. The van der Waals surface area contributed by atoms with Crippen molar-refractivity contribution < 1.29 is 28.2 Å². The SMILES string of the molecule is CCOC(=O)Oc1ccc(C(=O)Nc2ccc(NC(=O)CCc3cccc(F)c3)cc2)cc1. The molecule has 3 rings (SSSR count). The number of halogens is 1. The first-order valence-corrected chi connectivity index (χ1v) is 10.3. The third-order valence-corrected chi connectivity index (χ3v) is 4.54. The van der Waals surface area contributed by atoms with Crippen molar-refractivity contribution in [2.75, 3.05) is 17.2 Å². The molecule has 3 aromatic carbocycles. The third kappa shape index (κ3) is 7.46. The first-order valence-electron chi connectivity index (χ1n) is 10.3. The fraction of sp³-hybridized carbons (Fsp3) is 0.160. The summed E-state index contributed by atoms with van der Waals surface area (Å²) in [4.78, 5) is 35.9. The minimum Gasteiger partial charge on any atom is -0.434 e. The summed E-state index contributed by atoms with van der Waals surface area (Å²) in [5.41, 5.74) is 2.26. The number of amides is 2. The number of ether oxygens (including phenoxy) is 2. The molecule has 0 aromatic heterocycles. The Hall–Kier alpha value is -4.20. The monoisotopic (exact) mass is 450 g/mol. The smallest absolute Gasteiger partial charge is 0.434 e. The van der Waals surface area contributed by atoms with E-state index >= 15 is 0 Å². The van der Waals surface area contributed by atoms with Crippen molar-refractivity contribution in [3.8, 4) is 5.75 Å². The van der Waals surface area contributed by atoms with Crippen LogP contribution in [0.4, 0.5) is 20.6 Å². The van der Waals surface area contributed by atoms with Crippen LogP contribution in [0.1, 0.15) is 29.3 Å². The molecule has 0 spiro atoms. The van der Waals surface area contributed by atoms with Gasteiger partial charge < -0.3 is 20.1 Å². The number of rotatable bonds is 8. The van der Waals surface area contributed by atoms with E-state index in [0.29, 0.717) is 23.4 Å². The molecule has 0 aliphatic heterocycles. The lowest BCUT2D eigenvalue weighted by molar-refractivity contribution is -0.116. The van der Waals surface area contributed by atoms with Gasteiger partial charge >= 0.3 is 6.16 Å². The van der Waals surface area contributed by atoms with Crippen LogP contribution in [0.2, 0.25) is 0 Å². The maximum absolute atomic E-state index is 13.2. The summed E-state index contributed by atoms with van der Waals surface area (Å²) in [6, 6.07) is 18.9. The molecule has 0 aliphatic carbocycles. The Morgan fingerprint density at radius 3 is 2.18 bits per heavy atom. The van der Waals surface area contributed by atoms with Gasteiger partial charge in [-0.2, -0.15) is 0 Å². The number of aryl methyl sites for hydroxylation is 1. The fourth-order valence-corrected chi connectivity index (χ4v) is 2.93. The summed E-state index contributed by atoms with van der Waals surface area (Å²) < 4.78 is 22.9. The molecule has 7 nitrogen and oxygen atoms in total. The second kappa shape index (κ2) is 11.4. The van der Waals surface area contributed by atoms with Crippen LogP contribution < -0.4 is 15.4 Å².